The molecule has 3 aromatic rings. The van der Waals surface area contributed by atoms with Gasteiger partial charge >= 0.3 is 0 Å². The van der Waals surface area contributed by atoms with Crippen LogP contribution in [0.2, 0.25) is 0 Å². The van der Waals surface area contributed by atoms with Gasteiger partial charge in [0, 0.05) is 15.9 Å². The van der Waals surface area contributed by atoms with Crippen molar-refractivity contribution in [2.75, 3.05) is 10.7 Å². The third-order valence-corrected chi connectivity index (χ3v) is 8.32. The smallest absolute Gasteiger partial charge is 0.238 e. The number of fused-ring (bicyclic) bond motifs is 2. The third-order valence-electron chi connectivity index (χ3n) is 5.57. The van der Waals surface area contributed by atoms with Crippen LogP contribution in [0.3, 0.4) is 0 Å². The number of phenols is 1. The number of amides is 1. The molecule has 0 bridgehead atoms. The summed E-state index contributed by atoms with van der Waals surface area (Å²) in [6.45, 7) is 2.61. The Hall–Kier alpha value is -2.49. The Bertz CT molecular complexity index is 1270. The maximum Gasteiger partial charge on any atom is 0.238 e. The quantitative estimate of drug-likeness (QED) is 0.429. The number of hydrogen-bond donors (Lipinski definition) is 1. The molecular formula is C24H21BrN4O2S2. The Morgan fingerprint density at radius 2 is 2.00 bits per heavy atom. The minimum atomic E-state index is -0.0128. The second kappa shape index (κ2) is 9.40. The maximum atomic E-state index is 13.5. The minimum Gasteiger partial charge on any atom is -0.507 e. The molecule has 2 atom stereocenters. The van der Waals surface area contributed by atoms with Gasteiger partial charge in [0.05, 0.1) is 28.3 Å². The number of allylic oxidation sites excluding steroid dienone is 2. The monoisotopic (exact) mass is 540 g/mol. The fraction of sp³-hybridized carbons (Fsp3) is 0.208. The third kappa shape index (κ3) is 4.25. The van der Waals surface area contributed by atoms with Crippen molar-refractivity contribution in [1.82, 2.24) is 14.8 Å². The first-order chi connectivity index (χ1) is 16.1. The summed E-state index contributed by atoms with van der Waals surface area (Å²) in [5.41, 5.74) is 1.55. The van der Waals surface area contributed by atoms with Gasteiger partial charge in [0.25, 0.3) is 0 Å². The largest absolute Gasteiger partial charge is 0.507 e. The molecule has 1 N–H and O–H groups in total. The number of thioether (sulfide) groups is 2. The first-order valence-corrected chi connectivity index (χ1v) is 13.2. The second-order valence-corrected chi connectivity index (χ2v) is 10.7. The van der Waals surface area contributed by atoms with E-state index in [0.29, 0.717) is 23.1 Å². The summed E-state index contributed by atoms with van der Waals surface area (Å²) in [6, 6.07) is 13.3. The number of anilines is 1. The maximum absolute atomic E-state index is 13.5. The first kappa shape index (κ1) is 22.3. The zero-order valence-corrected chi connectivity index (χ0v) is 21.0. The normalized spacial score (nSPS) is 18.8. The highest BCUT2D eigenvalue weighted by atomic mass is 79.9. The Kier molecular flexibility index (Phi) is 6.36. The zero-order valence-electron chi connectivity index (χ0n) is 17.8. The van der Waals surface area contributed by atoms with Gasteiger partial charge in [0.15, 0.2) is 11.0 Å². The van der Waals surface area contributed by atoms with E-state index in [2.05, 4.69) is 44.3 Å². The van der Waals surface area contributed by atoms with Gasteiger partial charge in [-0.15, -0.1) is 22.0 Å². The Balaban J connectivity index is 1.40. The number of aromatic hydroxyl groups is 1. The van der Waals surface area contributed by atoms with Crippen LogP contribution in [-0.2, 0) is 11.3 Å². The standard InChI is InChI=1S/C24H21BrN4O2S2/c1-2-28-23(16-13-15(25)11-12-19(16)30)26-27-24(28)32-14-22(31)29-17-7-3-5-9-20(17)33-21-10-6-4-8-18(21)29/h3-13,17,20,30H,2,14H2,1H3/t17-,20+/m1/s1. The number of benzene rings is 2. The summed E-state index contributed by atoms with van der Waals surface area (Å²) in [6.07, 6.45) is 8.30. The Morgan fingerprint density at radius 3 is 2.85 bits per heavy atom. The van der Waals surface area contributed by atoms with Gasteiger partial charge in [-0.1, -0.05) is 64.1 Å². The van der Waals surface area contributed by atoms with Crippen molar-refractivity contribution in [3.8, 4) is 17.1 Å². The van der Waals surface area contributed by atoms with E-state index in [1.165, 1.54) is 11.8 Å². The van der Waals surface area contributed by atoms with Gasteiger partial charge in [-0.05, 0) is 37.3 Å². The first-order valence-electron chi connectivity index (χ1n) is 10.5. The van der Waals surface area contributed by atoms with Gasteiger partial charge < -0.3 is 14.6 Å². The van der Waals surface area contributed by atoms with Crippen LogP contribution in [0.4, 0.5) is 5.69 Å². The molecular weight excluding hydrogens is 520 g/mol. The molecule has 2 heterocycles. The summed E-state index contributed by atoms with van der Waals surface area (Å²) in [4.78, 5) is 16.5. The molecule has 9 heteroatoms. The molecule has 0 saturated carbocycles. The molecule has 0 unspecified atom stereocenters. The molecule has 6 nitrogen and oxygen atoms in total. The van der Waals surface area contributed by atoms with Crippen molar-refractivity contribution in [3.05, 3.63) is 71.2 Å². The molecule has 0 saturated heterocycles. The summed E-state index contributed by atoms with van der Waals surface area (Å²) < 4.78 is 2.77. The van der Waals surface area contributed by atoms with Gasteiger partial charge in [0.1, 0.15) is 5.75 Å². The van der Waals surface area contributed by atoms with Crippen molar-refractivity contribution in [2.24, 2.45) is 0 Å². The zero-order chi connectivity index (χ0) is 22.9. The summed E-state index contributed by atoms with van der Waals surface area (Å²) in [7, 11) is 0. The molecule has 33 heavy (non-hydrogen) atoms. The van der Waals surface area contributed by atoms with Gasteiger partial charge in [0.2, 0.25) is 5.91 Å². The highest BCUT2D eigenvalue weighted by molar-refractivity contribution is 9.10. The summed E-state index contributed by atoms with van der Waals surface area (Å²) in [5.74, 6) is 0.979. The average Bonchev–Trinajstić information content (AvgIpc) is 3.25. The van der Waals surface area contributed by atoms with Crippen molar-refractivity contribution >= 4 is 51.0 Å². The number of phenolic OH excluding ortho intramolecular Hbond substituents is 1. The number of hydrogen-bond acceptors (Lipinski definition) is 6. The molecule has 1 aliphatic carbocycles. The number of para-hydroxylation sites is 1. The lowest BCUT2D eigenvalue weighted by Gasteiger charge is -2.40. The predicted molar refractivity (Wildman–Crippen MR) is 137 cm³/mol. The van der Waals surface area contributed by atoms with Crippen LogP contribution in [0.5, 0.6) is 5.75 Å². The molecule has 1 aliphatic heterocycles. The Labute approximate surface area is 208 Å². The predicted octanol–water partition coefficient (Wildman–Crippen LogP) is 5.53. The molecule has 1 amide bonds. The van der Waals surface area contributed by atoms with Crippen molar-refractivity contribution in [3.63, 3.8) is 0 Å². The lowest BCUT2D eigenvalue weighted by molar-refractivity contribution is -0.116. The molecule has 2 aromatic carbocycles. The van der Waals surface area contributed by atoms with Crippen molar-refractivity contribution < 1.29 is 9.90 Å². The van der Waals surface area contributed by atoms with Gasteiger partial charge in [-0.25, -0.2) is 0 Å². The van der Waals surface area contributed by atoms with Crippen LogP contribution >= 0.6 is 39.5 Å². The van der Waals surface area contributed by atoms with Crippen molar-refractivity contribution in [1.29, 1.82) is 0 Å². The number of carbonyl (C=O) groups excluding carboxylic acids is 1. The highest BCUT2D eigenvalue weighted by Gasteiger charge is 2.36. The average molecular weight is 541 g/mol. The number of rotatable bonds is 5. The number of halogens is 1. The van der Waals surface area contributed by atoms with Crippen molar-refractivity contribution in [2.45, 2.75) is 34.8 Å². The molecule has 2 aliphatic rings. The Morgan fingerprint density at radius 1 is 1.18 bits per heavy atom. The molecule has 5 rings (SSSR count). The van der Waals surface area contributed by atoms with E-state index in [-0.39, 0.29) is 28.7 Å². The molecule has 168 valence electrons. The number of aromatic nitrogens is 3. The minimum absolute atomic E-state index is 0.0128. The van der Waals surface area contributed by atoms with E-state index in [0.717, 1.165) is 15.1 Å². The van der Waals surface area contributed by atoms with Crippen LogP contribution < -0.4 is 4.90 Å². The molecule has 1 aromatic heterocycles. The van der Waals surface area contributed by atoms with Crippen LogP contribution in [0.15, 0.2) is 81.3 Å². The van der Waals surface area contributed by atoms with Crippen LogP contribution in [0, 0.1) is 0 Å². The second-order valence-electron chi connectivity index (χ2n) is 7.57. The highest BCUT2D eigenvalue weighted by Crippen LogP contribution is 2.44. The molecule has 0 spiro atoms. The molecule has 0 radical (unpaired) electrons. The van der Waals surface area contributed by atoms with E-state index in [1.54, 1.807) is 23.9 Å². The van der Waals surface area contributed by atoms with E-state index in [4.69, 9.17) is 0 Å². The van der Waals surface area contributed by atoms with E-state index >= 15 is 0 Å². The van der Waals surface area contributed by atoms with Gasteiger partial charge in [-0.2, -0.15) is 0 Å². The topological polar surface area (TPSA) is 71.2 Å². The van der Waals surface area contributed by atoms with E-state index in [1.807, 2.05) is 52.8 Å². The van der Waals surface area contributed by atoms with Crippen LogP contribution in [-0.4, -0.2) is 42.8 Å². The molecule has 0 fully saturated rings. The van der Waals surface area contributed by atoms with Gasteiger partial charge in [-0.3, -0.25) is 4.79 Å². The van der Waals surface area contributed by atoms with Crippen LogP contribution in [0.1, 0.15) is 6.92 Å². The lowest BCUT2D eigenvalue weighted by atomic mass is 10.0. The lowest BCUT2D eigenvalue weighted by Crippen LogP contribution is -2.48. The number of nitrogens with zero attached hydrogens (tertiary/aromatic N) is 4. The SMILES string of the molecule is CCn1c(SCC(=O)N2c3ccccc3S[C@H]3C=CC=C[C@H]32)nnc1-c1cc(Br)ccc1O. The van der Waals surface area contributed by atoms with Crippen LogP contribution in [0.25, 0.3) is 11.4 Å². The van der Waals surface area contributed by atoms with E-state index in [9.17, 15) is 9.90 Å². The number of carbonyl (C=O) groups is 1. The fourth-order valence-electron chi connectivity index (χ4n) is 4.04. The fourth-order valence-corrected chi connectivity index (χ4v) is 6.52. The van der Waals surface area contributed by atoms with E-state index < -0.39 is 0 Å². The summed E-state index contributed by atoms with van der Waals surface area (Å²) in [5, 5.41) is 19.8. The summed E-state index contributed by atoms with van der Waals surface area (Å²) >= 11 is 6.61.